The lowest BCUT2D eigenvalue weighted by Crippen LogP contribution is -2.39. The molecule has 0 aromatic rings. The first-order valence-electron chi connectivity index (χ1n) is 7.13. The normalized spacial score (nSPS) is 19.3. The second-order valence-corrected chi connectivity index (χ2v) is 5.13. The lowest BCUT2D eigenvalue weighted by molar-refractivity contribution is 0.243. The fourth-order valence-electron chi connectivity index (χ4n) is 2.02. The van der Waals surface area contributed by atoms with Crippen LogP contribution in [0, 0.1) is 5.92 Å². The Bertz CT molecular complexity index is 311. The highest BCUT2D eigenvalue weighted by Crippen LogP contribution is 2.38. The maximum atomic E-state index is 6.02. The molecule has 0 heterocycles. The van der Waals surface area contributed by atoms with Crippen LogP contribution in [-0.2, 0) is 0 Å². The molecule has 2 nitrogen and oxygen atoms in total. The predicted octanol–water partition coefficient (Wildman–Crippen LogP) is 3.47. The van der Waals surface area contributed by atoms with E-state index in [1.165, 1.54) is 12.8 Å². The molecule has 0 bridgehead atoms. The van der Waals surface area contributed by atoms with E-state index in [1.54, 1.807) is 5.57 Å². The van der Waals surface area contributed by atoms with Gasteiger partial charge in [-0.1, -0.05) is 42.9 Å². The lowest BCUT2D eigenvalue weighted by Gasteiger charge is -2.23. The van der Waals surface area contributed by atoms with E-state index >= 15 is 0 Å². The molecule has 1 saturated carbocycles. The van der Waals surface area contributed by atoms with E-state index in [0.717, 1.165) is 25.3 Å². The number of nitrogens with zero attached hydrogens (tertiary/aromatic N) is 1. The minimum atomic E-state index is 0.198. The SMILES string of the molecule is C\C=C/C=C\C=C(/CCN(C)C(N)CC)C1CC1. The van der Waals surface area contributed by atoms with Gasteiger partial charge in [0.15, 0.2) is 0 Å². The zero-order chi connectivity index (χ0) is 13.4. The van der Waals surface area contributed by atoms with Gasteiger partial charge >= 0.3 is 0 Å². The first kappa shape index (κ1) is 15.2. The molecule has 0 spiro atoms. The van der Waals surface area contributed by atoms with Crippen molar-refractivity contribution in [3.63, 3.8) is 0 Å². The Morgan fingerprint density at radius 1 is 1.33 bits per heavy atom. The maximum Gasteiger partial charge on any atom is 0.0566 e. The van der Waals surface area contributed by atoms with Crippen LogP contribution in [0.25, 0.3) is 0 Å². The third-order valence-corrected chi connectivity index (χ3v) is 3.56. The van der Waals surface area contributed by atoms with E-state index in [9.17, 15) is 0 Å². The van der Waals surface area contributed by atoms with Crippen molar-refractivity contribution >= 4 is 0 Å². The molecule has 0 radical (unpaired) electrons. The second kappa shape index (κ2) is 8.28. The number of rotatable bonds is 8. The topological polar surface area (TPSA) is 29.3 Å². The Morgan fingerprint density at radius 3 is 2.61 bits per heavy atom. The van der Waals surface area contributed by atoms with Gasteiger partial charge in [0, 0.05) is 6.54 Å². The summed E-state index contributed by atoms with van der Waals surface area (Å²) in [7, 11) is 2.12. The molecule has 1 aliphatic rings. The lowest BCUT2D eigenvalue weighted by atomic mass is 10.1. The maximum absolute atomic E-state index is 6.02. The van der Waals surface area contributed by atoms with Crippen LogP contribution in [0.1, 0.15) is 39.5 Å². The third kappa shape index (κ3) is 5.65. The molecule has 2 N–H and O–H groups in total. The molecule has 0 saturated heterocycles. The molecule has 1 rings (SSSR count). The molecule has 102 valence electrons. The largest absolute Gasteiger partial charge is 0.316 e. The van der Waals surface area contributed by atoms with Crippen molar-refractivity contribution in [1.82, 2.24) is 4.90 Å². The molecule has 18 heavy (non-hydrogen) atoms. The summed E-state index contributed by atoms with van der Waals surface area (Å²) in [6, 6.07) is 0. The second-order valence-electron chi connectivity index (χ2n) is 5.13. The summed E-state index contributed by atoms with van der Waals surface area (Å²) in [5.41, 5.74) is 7.61. The van der Waals surface area contributed by atoms with Crippen LogP contribution in [0.3, 0.4) is 0 Å². The zero-order valence-corrected chi connectivity index (χ0v) is 12.1. The van der Waals surface area contributed by atoms with Crippen molar-refractivity contribution < 1.29 is 0 Å². The molecular weight excluding hydrogens is 220 g/mol. The Kier molecular flexibility index (Phi) is 6.99. The standard InChI is InChI=1S/C16H28N2/c1-4-6-7-8-9-14(15-10-11-15)12-13-18(3)16(17)5-2/h4,6-9,15-16H,5,10-13,17H2,1-3H3/b6-4-,8-7-,14-9+. The van der Waals surface area contributed by atoms with Crippen LogP contribution in [-0.4, -0.2) is 24.7 Å². The molecule has 2 heteroatoms. The molecule has 1 fully saturated rings. The van der Waals surface area contributed by atoms with Crippen LogP contribution >= 0.6 is 0 Å². The smallest absolute Gasteiger partial charge is 0.0566 e. The monoisotopic (exact) mass is 248 g/mol. The minimum Gasteiger partial charge on any atom is -0.316 e. The molecule has 1 unspecified atom stereocenters. The van der Waals surface area contributed by atoms with Gasteiger partial charge in [0.05, 0.1) is 6.17 Å². The summed E-state index contributed by atoms with van der Waals surface area (Å²) < 4.78 is 0. The van der Waals surface area contributed by atoms with Crippen molar-refractivity contribution in [1.29, 1.82) is 0 Å². The Labute approximate surface area is 112 Å². The fourth-order valence-corrected chi connectivity index (χ4v) is 2.02. The minimum absolute atomic E-state index is 0.198. The Hall–Kier alpha value is -0.860. The highest BCUT2D eigenvalue weighted by Gasteiger charge is 2.25. The first-order valence-corrected chi connectivity index (χ1v) is 7.13. The van der Waals surface area contributed by atoms with E-state index in [-0.39, 0.29) is 6.17 Å². The van der Waals surface area contributed by atoms with Crippen molar-refractivity contribution in [2.45, 2.75) is 45.7 Å². The summed E-state index contributed by atoms with van der Waals surface area (Å²) in [5.74, 6) is 0.839. The van der Waals surface area contributed by atoms with Gasteiger partial charge in [-0.05, 0) is 45.6 Å². The summed E-state index contributed by atoms with van der Waals surface area (Å²) in [4.78, 5) is 2.26. The highest BCUT2D eigenvalue weighted by atomic mass is 15.2. The van der Waals surface area contributed by atoms with Gasteiger partial charge in [-0.15, -0.1) is 0 Å². The van der Waals surface area contributed by atoms with E-state index in [4.69, 9.17) is 5.73 Å². The van der Waals surface area contributed by atoms with Crippen molar-refractivity contribution in [3.8, 4) is 0 Å². The molecule has 1 aliphatic carbocycles. The Morgan fingerprint density at radius 2 is 2.06 bits per heavy atom. The van der Waals surface area contributed by atoms with Crippen molar-refractivity contribution in [2.24, 2.45) is 11.7 Å². The van der Waals surface area contributed by atoms with Gasteiger partial charge in [0.2, 0.25) is 0 Å². The Balaban J connectivity index is 2.43. The van der Waals surface area contributed by atoms with Gasteiger partial charge < -0.3 is 5.73 Å². The van der Waals surface area contributed by atoms with Crippen LogP contribution < -0.4 is 5.73 Å². The molecule has 1 atom stereocenters. The van der Waals surface area contributed by atoms with Gasteiger partial charge in [0.1, 0.15) is 0 Å². The number of hydrogen-bond donors (Lipinski definition) is 1. The van der Waals surface area contributed by atoms with Crippen LogP contribution in [0.4, 0.5) is 0 Å². The average Bonchev–Trinajstić information content (AvgIpc) is 3.20. The predicted molar refractivity (Wildman–Crippen MR) is 80.3 cm³/mol. The molecular formula is C16H28N2. The van der Waals surface area contributed by atoms with Crippen molar-refractivity contribution in [2.75, 3.05) is 13.6 Å². The highest BCUT2D eigenvalue weighted by molar-refractivity contribution is 5.21. The van der Waals surface area contributed by atoms with E-state index in [1.807, 2.05) is 6.92 Å². The molecule has 0 aromatic heterocycles. The average molecular weight is 248 g/mol. The quantitative estimate of drug-likeness (QED) is 0.526. The third-order valence-electron chi connectivity index (χ3n) is 3.56. The van der Waals surface area contributed by atoms with E-state index in [0.29, 0.717) is 0 Å². The summed E-state index contributed by atoms with van der Waals surface area (Å²) in [5, 5.41) is 0. The van der Waals surface area contributed by atoms with Crippen LogP contribution in [0.5, 0.6) is 0 Å². The van der Waals surface area contributed by atoms with Crippen molar-refractivity contribution in [3.05, 3.63) is 36.0 Å². The van der Waals surface area contributed by atoms with Gasteiger partial charge in [-0.2, -0.15) is 0 Å². The number of allylic oxidation sites excluding steroid dienone is 5. The number of nitrogens with two attached hydrogens (primary N) is 1. The summed E-state index contributed by atoms with van der Waals surface area (Å²) in [6.07, 6.45) is 15.8. The van der Waals surface area contributed by atoms with Crippen LogP contribution in [0.2, 0.25) is 0 Å². The van der Waals surface area contributed by atoms with Gasteiger partial charge in [-0.25, -0.2) is 0 Å². The summed E-state index contributed by atoms with van der Waals surface area (Å²) in [6.45, 7) is 5.24. The van der Waals surface area contributed by atoms with Crippen LogP contribution in [0.15, 0.2) is 36.0 Å². The van der Waals surface area contributed by atoms with Gasteiger partial charge in [-0.3, -0.25) is 4.90 Å². The fraction of sp³-hybridized carbons (Fsp3) is 0.625. The molecule has 0 aliphatic heterocycles. The summed E-state index contributed by atoms with van der Waals surface area (Å²) >= 11 is 0. The molecule has 0 amide bonds. The zero-order valence-electron chi connectivity index (χ0n) is 12.1. The van der Waals surface area contributed by atoms with E-state index in [2.05, 4.69) is 49.3 Å². The first-order chi connectivity index (χ1) is 8.69. The number of hydrogen-bond acceptors (Lipinski definition) is 2. The van der Waals surface area contributed by atoms with Gasteiger partial charge in [0.25, 0.3) is 0 Å². The van der Waals surface area contributed by atoms with E-state index < -0.39 is 0 Å². The molecule has 0 aromatic carbocycles.